The first-order chi connectivity index (χ1) is 18.9. The van der Waals surface area contributed by atoms with Gasteiger partial charge in [-0.2, -0.15) is 0 Å². The summed E-state index contributed by atoms with van der Waals surface area (Å²) < 4.78 is 10.0. The maximum absolute atomic E-state index is 14.0. The van der Waals surface area contributed by atoms with Gasteiger partial charge in [-0.15, -0.1) is 0 Å². The third-order valence-electron chi connectivity index (χ3n) is 7.02. The molecule has 0 radical (unpaired) electrons. The molecule has 10 heteroatoms. The van der Waals surface area contributed by atoms with Crippen LogP contribution in [0.3, 0.4) is 0 Å². The van der Waals surface area contributed by atoms with E-state index in [-0.39, 0.29) is 23.3 Å². The van der Waals surface area contributed by atoms with Gasteiger partial charge in [0.2, 0.25) is 5.91 Å². The lowest BCUT2D eigenvalue weighted by Gasteiger charge is -2.35. The lowest BCUT2D eigenvalue weighted by Crippen LogP contribution is -2.44. The molecular weight excluding hydrogens is 549 g/mol. The molecule has 5 rings (SSSR count). The largest absolute Gasteiger partial charge is 0.494 e. The van der Waals surface area contributed by atoms with Crippen molar-refractivity contribution in [3.8, 4) is 17.1 Å². The Morgan fingerprint density at radius 3 is 2.46 bits per heavy atom. The van der Waals surface area contributed by atoms with E-state index < -0.39 is 0 Å². The molecule has 7 nitrogen and oxygen atoms in total. The second-order valence-electron chi connectivity index (χ2n) is 9.59. The molecule has 1 aliphatic heterocycles. The summed E-state index contributed by atoms with van der Waals surface area (Å²) in [5, 5.41) is 0.474. The molecule has 39 heavy (non-hydrogen) atoms. The Hall–Kier alpha value is -2.95. The average Bonchev–Trinajstić information content (AvgIpc) is 3.29. The number of thiazole rings is 1. The zero-order chi connectivity index (χ0) is 27.5. The number of hydrogen-bond donors (Lipinski definition) is 0. The lowest BCUT2D eigenvalue weighted by molar-refractivity contribution is -0.132. The molecular formula is C29H32N4O3S3. The summed E-state index contributed by atoms with van der Waals surface area (Å²) in [5.41, 5.74) is 2.93. The Morgan fingerprint density at radius 2 is 1.77 bits per heavy atom. The maximum Gasteiger partial charge on any atom is 0.278 e. The van der Waals surface area contributed by atoms with Gasteiger partial charge in [0.1, 0.15) is 10.4 Å². The lowest BCUT2D eigenvalue weighted by atomic mass is 10.0. The van der Waals surface area contributed by atoms with E-state index in [0.717, 1.165) is 49.2 Å². The van der Waals surface area contributed by atoms with Crippen molar-refractivity contribution in [3.05, 3.63) is 68.4 Å². The van der Waals surface area contributed by atoms with E-state index in [0.29, 0.717) is 31.8 Å². The summed E-state index contributed by atoms with van der Waals surface area (Å²) in [6.45, 7) is 7.45. The minimum absolute atomic E-state index is 0.0880. The van der Waals surface area contributed by atoms with Crippen LogP contribution in [0.5, 0.6) is 5.75 Å². The van der Waals surface area contributed by atoms with E-state index in [4.69, 9.17) is 21.9 Å². The van der Waals surface area contributed by atoms with Crippen molar-refractivity contribution in [2.75, 3.05) is 18.9 Å². The van der Waals surface area contributed by atoms with Crippen LogP contribution < -0.4 is 10.3 Å². The molecule has 0 bridgehead atoms. The second kappa shape index (κ2) is 12.1. The predicted molar refractivity (Wildman–Crippen MR) is 162 cm³/mol. The van der Waals surface area contributed by atoms with Gasteiger partial charge in [0.05, 0.1) is 18.0 Å². The van der Waals surface area contributed by atoms with Gasteiger partial charge in [-0.3, -0.25) is 18.7 Å². The first-order valence-electron chi connectivity index (χ1n) is 13.3. The maximum atomic E-state index is 14.0. The number of ether oxygens (including phenoxy) is 1. The Morgan fingerprint density at radius 1 is 1.08 bits per heavy atom. The van der Waals surface area contributed by atoms with Crippen molar-refractivity contribution >= 4 is 51.6 Å². The van der Waals surface area contributed by atoms with Crippen LogP contribution >= 0.6 is 35.3 Å². The van der Waals surface area contributed by atoms with Crippen molar-refractivity contribution in [2.24, 2.45) is 0 Å². The molecule has 204 valence electrons. The fourth-order valence-corrected chi connectivity index (χ4v) is 7.20. The topological polar surface area (TPSA) is 69.4 Å². The van der Waals surface area contributed by atoms with Crippen molar-refractivity contribution < 1.29 is 9.53 Å². The first kappa shape index (κ1) is 27.6. The number of carbonyl (C=O) groups excluding carboxylic acids is 1. The fraction of sp³-hybridized carbons (Fsp3) is 0.379. The summed E-state index contributed by atoms with van der Waals surface area (Å²) >= 11 is 8.27. The second-order valence-corrected chi connectivity index (χ2v) is 12.2. The Balaban J connectivity index is 1.59. The number of fused-ring (bicyclic) bond motifs is 1. The molecule has 0 saturated carbocycles. The van der Waals surface area contributed by atoms with Crippen LogP contribution in [0.4, 0.5) is 0 Å². The van der Waals surface area contributed by atoms with Crippen LogP contribution in [0.2, 0.25) is 0 Å². The molecule has 1 saturated heterocycles. The van der Waals surface area contributed by atoms with E-state index in [1.807, 2.05) is 71.8 Å². The molecule has 1 atom stereocenters. The average molecular weight is 581 g/mol. The van der Waals surface area contributed by atoms with Gasteiger partial charge in [0, 0.05) is 18.3 Å². The number of aromatic nitrogens is 3. The highest BCUT2D eigenvalue weighted by molar-refractivity contribution is 7.99. The smallest absolute Gasteiger partial charge is 0.278 e. The summed E-state index contributed by atoms with van der Waals surface area (Å²) in [5.74, 6) is 1.07. The third kappa shape index (κ3) is 5.69. The van der Waals surface area contributed by atoms with Crippen LogP contribution in [0.15, 0.2) is 58.5 Å². The number of hydrogen-bond acceptors (Lipinski definition) is 7. The van der Waals surface area contributed by atoms with Gasteiger partial charge in [-0.25, -0.2) is 4.98 Å². The van der Waals surface area contributed by atoms with Gasteiger partial charge in [0.25, 0.3) is 5.56 Å². The van der Waals surface area contributed by atoms with E-state index >= 15 is 0 Å². The van der Waals surface area contributed by atoms with Crippen LogP contribution in [0, 0.1) is 10.9 Å². The van der Waals surface area contributed by atoms with E-state index in [1.54, 1.807) is 4.57 Å². The van der Waals surface area contributed by atoms with E-state index in [2.05, 4.69) is 6.92 Å². The van der Waals surface area contributed by atoms with Gasteiger partial charge in [-0.1, -0.05) is 47.7 Å². The van der Waals surface area contributed by atoms with Gasteiger partial charge in [0.15, 0.2) is 14.8 Å². The third-order valence-corrected chi connectivity index (χ3v) is 9.29. The van der Waals surface area contributed by atoms with Gasteiger partial charge in [-0.05, 0) is 88.1 Å². The van der Waals surface area contributed by atoms with Crippen LogP contribution in [0.1, 0.15) is 45.1 Å². The van der Waals surface area contributed by atoms with E-state index in [9.17, 15) is 9.59 Å². The number of amides is 1. The Labute approximate surface area is 241 Å². The summed E-state index contributed by atoms with van der Waals surface area (Å²) in [6.07, 6.45) is 4.19. The molecule has 1 aliphatic rings. The molecule has 1 unspecified atom stereocenters. The Kier molecular flexibility index (Phi) is 8.54. The highest BCUT2D eigenvalue weighted by atomic mass is 32.2. The highest BCUT2D eigenvalue weighted by Gasteiger charge is 2.26. The number of nitrogens with zero attached hydrogens (tertiary/aromatic N) is 4. The van der Waals surface area contributed by atoms with Crippen LogP contribution in [-0.4, -0.2) is 49.9 Å². The number of benzene rings is 2. The zero-order valence-corrected chi connectivity index (χ0v) is 24.8. The fourth-order valence-electron chi connectivity index (χ4n) is 5.00. The summed E-state index contributed by atoms with van der Waals surface area (Å²) in [6, 6.07) is 15.6. The van der Waals surface area contributed by atoms with Crippen molar-refractivity contribution in [1.82, 2.24) is 19.0 Å². The van der Waals surface area contributed by atoms with E-state index in [1.165, 1.54) is 23.1 Å². The molecule has 2 aromatic heterocycles. The van der Waals surface area contributed by atoms with Gasteiger partial charge < -0.3 is 9.64 Å². The van der Waals surface area contributed by atoms with Crippen LogP contribution in [-0.2, 0) is 4.79 Å². The minimum atomic E-state index is -0.191. The van der Waals surface area contributed by atoms with Crippen molar-refractivity contribution in [3.63, 3.8) is 0 Å². The number of likely N-dealkylation sites (tertiary alicyclic amines) is 1. The monoisotopic (exact) mass is 580 g/mol. The summed E-state index contributed by atoms with van der Waals surface area (Å²) in [4.78, 5) is 34.3. The quantitative estimate of drug-likeness (QED) is 0.134. The minimum Gasteiger partial charge on any atom is -0.494 e. The molecule has 1 amide bonds. The molecule has 3 heterocycles. The van der Waals surface area contributed by atoms with Gasteiger partial charge >= 0.3 is 0 Å². The zero-order valence-electron chi connectivity index (χ0n) is 22.4. The van der Waals surface area contributed by atoms with Crippen molar-refractivity contribution in [1.29, 1.82) is 0 Å². The first-order valence-corrected chi connectivity index (χ1v) is 15.5. The molecule has 2 aromatic carbocycles. The molecule has 0 aliphatic carbocycles. The SMILES string of the molecule is CCOc1ccc(-n2c(=S)sc3c(=O)n(-c4ccc(C)cc4)c(SCC(=O)N4CCCCC4CC)nc32)cc1. The standard InChI is InChI=1S/C29H32N4O3S3/c1-4-20-8-6-7-17-31(20)24(34)18-38-28-30-26-25(27(35)33(28)22-11-9-19(3)10-12-22)39-29(37)32(26)21-13-15-23(16-14-21)36-5-2/h9-16,20H,4-8,17-18H2,1-3H3. The number of piperidine rings is 1. The molecule has 1 fully saturated rings. The Bertz CT molecular complexity index is 1590. The number of carbonyl (C=O) groups is 1. The number of thioether (sulfide) groups is 1. The normalized spacial score (nSPS) is 15.6. The predicted octanol–water partition coefficient (Wildman–Crippen LogP) is 6.56. The molecule has 0 N–H and O–H groups in total. The van der Waals surface area contributed by atoms with Crippen molar-refractivity contribution in [2.45, 2.75) is 57.7 Å². The molecule has 0 spiro atoms. The highest BCUT2D eigenvalue weighted by Crippen LogP contribution is 2.29. The number of aryl methyl sites for hydroxylation is 1. The summed E-state index contributed by atoms with van der Waals surface area (Å²) in [7, 11) is 0. The number of rotatable bonds is 8. The molecule has 4 aromatic rings. The van der Waals surface area contributed by atoms with Crippen LogP contribution in [0.25, 0.3) is 21.7 Å².